The highest BCUT2D eigenvalue weighted by Crippen LogP contribution is 2.31. The summed E-state index contributed by atoms with van der Waals surface area (Å²) in [6, 6.07) is 3.32. The molecule has 1 amide bonds. The van der Waals surface area contributed by atoms with Crippen molar-refractivity contribution < 1.29 is 4.79 Å². The smallest absolute Gasteiger partial charge is 0.251 e. The van der Waals surface area contributed by atoms with Crippen LogP contribution in [0.3, 0.4) is 0 Å². The van der Waals surface area contributed by atoms with E-state index in [-0.39, 0.29) is 22.9 Å². The maximum absolute atomic E-state index is 12.1. The Balaban J connectivity index is 2.08. The number of nitrogens with one attached hydrogen (secondary N) is 1. The Bertz CT molecular complexity index is 443. The number of aromatic nitrogens is 1. The van der Waals surface area contributed by atoms with Crippen molar-refractivity contribution in [2.45, 2.75) is 32.7 Å². The summed E-state index contributed by atoms with van der Waals surface area (Å²) in [5, 5.41) is 3.29. The number of hydrogen-bond donors (Lipinski definition) is 2. The van der Waals surface area contributed by atoms with Crippen LogP contribution in [-0.4, -0.2) is 16.9 Å². The Kier molecular flexibility index (Phi) is 3.76. The van der Waals surface area contributed by atoms with Crippen LogP contribution < -0.4 is 11.1 Å². The minimum absolute atomic E-state index is 0.128. The molecule has 3 atom stereocenters. The van der Waals surface area contributed by atoms with Gasteiger partial charge in [-0.05, 0) is 36.8 Å². The van der Waals surface area contributed by atoms with Crippen LogP contribution in [0.25, 0.3) is 0 Å². The lowest BCUT2D eigenvalue weighted by molar-refractivity contribution is 0.0927. The zero-order chi connectivity index (χ0) is 13.3. The fourth-order valence-corrected chi connectivity index (χ4v) is 2.68. The maximum Gasteiger partial charge on any atom is 0.251 e. The zero-order valence-electron chi connectivity index (χ0n) is 10.6. The normalized spacial score (nSPS) is 27.2. The van der Waals surface area contributed by atoms with Gasteiger partial charge in [-0.3, -0.25) is 4.79 Å². The highest BCUT2D eigenvalue weighted by molar-refractivity contribution is 6.29. The van der Waals surface area contributed by atoms with Crippen LogP contribution in [0, 0.1) is 11.8 Å². The fourth-order valence-electron chi connectivity index (χ4n) is 2.47. The molecule has 1 fully saturated rings. The van der Waals surface area contributed by atoms with Crippen molar-refractivity contribution >= 4 is 23.3 Å². The molecule has 1 heterocycles. The summed E-state index contributed by atoms with van der Waals surface area (Å²) in [5.74, 6) is 1.29. The SMILES string of the molecule is CC1CCC(NC(=O)c2cc(N)nc(Cl)c2)C1C. The first-order valence-corrected chi connectivity index (χ1v) is 6.59. The molecule has 1 aromatic heterocycles. The van der Waals surface area contributed by atoms with Gasteiger partial charge in [-0.2, -0.15) is 0 Å². The Morgan fingerprint density at radius 2 is 2.17 bits per heavy atom. The van der Waals surface area contributed by atoms with Crippen molar-refractivity contribution in [3.8, 4) is 0 Å². The molecule has 0 aliphatic heterocycles. The topological polar surface area (TPSA) is 68.0 Å². The third-order valence-corrected chi connectivity index (χ3v) is 4.05. The number of amides is 1. The van der Waals surface area contributed by atoms with E-state index in [4.69, 9.17) is 17.3 Å². The molecule has 1 aromatic rings. The lowest BCUT2D eigenvalue weighted by Gasteiger charge is -2.19. The van der Waals surface area contributed by atoms with E-state index in [0.717, 1.165) is 12.8 Å². The lowest BCUT2D eigenvalue weighted by Crippen LogP contribution is -2.37. The maximum atomic E-state index is 12.1. The molecule has 3 unspecified atom stereocenters. The van der Waals surface area contributed by atoms with Crippen LogP contribution in [0.4, 0.5) is 5.82 Å². The number of carbonyl (C=O) groups is 1. The second kappa shape index (κ2) is 5.14. The second-order valence-electron chi connectivity index (χ2n) is 5.10. The molecule has 0 spiro atoms. The predicted octanol–water partition coefficient (Wildman–Crippen LogP) is 2.48. The Morgan fingerprint density at radius 3 is 2.72 bits per heavy atom. The zero-order valence-corrected chi connectivity index (χ0v) is 11.4. The van der Waals surface area contributed by atoms with Gasteiger partial charge in [0.1, 0.15) is 11.0 Å². The number of halogens is 1. The van der Waals surface area contributed by atoms with Crippen molar-refractivity contribution in [3.05, 3.63) is 22.8 Å². The van der Waals surface area contributed by atoms with E-state index >= 15 is 0 Å². The molecule has 18 heavy (non-hydrogen) atoms. The van der Waals surface area contributed by atoms with Crippen molar-refractivity contribution in [3.63, 3.8) is 0 Å². The van der Waals surface area contributed by atoms with Gasteiger partial charge in [0.15, 0.2) is 0 Å². The predicted molar refractivity (Wildman–Crippen MR) is 72.5 cm³/mol. The summed E-state index contributed by atoms with van der Waals surface area (Å²) in [7, 11) is 0. The summed E-state index contributed by atoms with van der Waals surface area (Å²) >= 11 is 5.79. The number of nitrogen functional groups attached to an aromatic ring is 1. The summed E-state index contributed by atoms with van der Waals surface area (Å²) in [6.07, 6.45) is 2.19. The van der Waals surface area contributed by atoms with Gasteiger partial charge in [0, 0.05) is 11.6 Å². The van der Waals surface area contributed by atoms with E-state index in [1.165, 1.54) is 6.07 Å². The average Bonchev–Trinajstić information content (AvgIpc) is 2.59. The number of nitrogens with zero attached hydrogens (tertiary/aromatic N) is 1. The van der Waals surface area contributed by atoms with E-state index in [1.54, 1.807) is 6.07 Å². The van der Waals surface area contributed by atoms with Crippen molar-refractivity contribution in [2.24, 2.45) is 11.8 Å². The first kappa shape index (κ1) is 13.1. The number of hydrogen-bond acceptors (Lipinski definition) is 3. The summed E-state index contributed by atoms with van der Waals surface area (Å²) in [5.41, 5.74) is 6.05. The molecule has 1 aliphatic rings. The van der Waals surface area contributed by atoms with Gasteiger partial charge in [0.25, 0.3) is 5.91 Å². The number of rotatable bonds is 2. The van der Waals surface area contributed by atoms with E-state index in [0.29, 0.717) is 17.4 Å². The van der Waals surface area contributed by atoms with Gasteiger partial charge in [-0.15, -0.1) is 0 Å². The number of pyridine rings is 1. The van der Waals surface area contributed by atoms with Crippen molar-refractivity contribution in [1.29, 1.82) is 0 Å². The van der Waals surface area contributed by atoms with Gasteiger partial charge >= 0.3 is 0 Å². The van der Waals surface area contributed by atoms with Crippen molar-refractivity contribution in [1.82, 2.24) is 10.3 Å². The highest BCUT2D eigenvalue weighted by Gasteiger charge is 2.30. The van der Waals surface area contributed by atoms with Gasteiger partial charge < -0.3 is 11.1 Å². The Morgan fingerprint density at radius 1 is 1.44 bits per heavy atom. The number of anilines is 1. The van der Waals surface area contributed by atoms with Gasteiger partial charge in [-0.1, -0.05) is 25.4 Å². The highest BCUT2D eigenvalue weighted by atomic mass is 35.5. The van der Waals surface area contributed by atoms with Crippen LogP contribution >= 0.6 is 11.6 Å². The number of carbonyl (C=O) groups excluding carboxylic acids is 1. The molecular weight excluding hydrogens is 250 g/mol. The number of nitrogens with two attached hydrogens (primary N) is 1. The molecule has 3 N–H and O–H groups in total. The molecule has 0 radical (unpaired) electrons. The van der Waals surface area contributed by atoms with Crippen molar-refractivity contribution in [2.75, 3.05) is 5.73 Å². The lowest BCUT2D eigenvalue weighted by atomic mass is 9.97. The van der Waals surface area contributed by atoms with Crippen LogP contribution in [-0.2, 0) is 0 Å². The third kappa shape index (κ3) is 2.75. The van der Waals surface area contributed by atoms with E-state index in [9.17, 15) is 4.79 Å². The molecule has 5 heteroatoms. The summed E-state index contributed by atoms with van der Waals surface area (Å²) in [6.45, 7) is 4.40. The van der Waals surface area contributed by atoms with Crippen LogP contribution in [0.15, 0.2) is 12.1 Å². The third-order valence-electron chi connectivity index (χ3n) is 3.86. The molecule has 0 aromatic carbocycles. The molecule has 2 rings (SSSR count). The van der Waals surface area contributed by atoms with E-state index in [2.05, 4.69) is 24.1 Å². The average molecular weight is 268 g/mol. The molecular formula is C13H18ClN3O. The second-order valence-corrected chi connectivity index (χ2v) is 5.48. The van der Waals surface area contributed by atoms with E-state index < -0.39 is 0 Å². The molecule has 0 bridgehead atoms. The molecule has 1 saturated carbocycles. The van der Waals surface area contributed by atoms with Crippen LogP contribution in [0.1, 0.15) is 37.0 Å². The summed E-state index contributed by atoms with van der Waals surface area (Å²) < 4.78 is 0. The van der Waals surface area contributed by atoms with Gasteiger partial charge in [0.05, 0.1) is 0 Å². The fraction of sp³-hybridized carbons (Fsp3) is 0.538. The molecule has 4 nitrogen and oxygen atoms in total. The largest absolute Gasteiger partial charge is 0.384 e. The van der Waals surface area contributed by atoms with Crippen LogP contribution in [0.2, 0.25) is 5.15 Å². The monoisotopic (exact) mass is 267 g/mol. The van der Waals surface area contributed by atoms with E-state index in [1.807, 2.05) is 0 Å². The first-order valence-electron chi connectivity index (χ1n) is 6.21. The minimum atomic E-state index is -0.128. The van der Waals surface area contributed by atoms with Crippen LogP contribution in [0.5, 0.6) is 0 Å². The Labute approximate surface area is 112 Å². The Hall–Kier alpha value is -1.29. The summed E-state index contributed by atoms with van der Waals surface area (Å²) in [4.78, 5) is 15.9. The van der Waals surface area contributed by atoms with Gasteiger partial charge in [0.2, 0.25) is 0 Å². The quantitative estimate of drug-likeness (QED) is 0.809. The molecule has 98 valence electrons. The van der Waals surface area contributed by atoms with Gasteiger partial charge in [-0.25, -0.2) is 4.98 Å². The molecule has 1 aliphatic carbocycles. The molecule has 0 saturated heterocycles. The first-order chi connectivity index (χ1) is 8.47. The minimum Gasteiger partial charge on any atom is -0.384 e. The standard InChI is InChI=1S/C13H18ClN3O/c1-7-3-4-10(8(7)2)16-13(18)9-5-11(14)17-12(15)6-9/h5-8,10H,3-4H2,1-2H3,(H2,15,17)(H,16,18).